The van der Waals surface area contributed by atoms with Crippen LogP contribution in [0, 0.1) is 0 Å². The average Bonchev–Trinajstić information content (AvgIpc) is 2.55. The fourth-order valence-corrected chi connectivity index (χ4v) is 2.20. The van der Waals surface area contributed by atoms with E-state index in [4.69, 9.17) is 21.2 Å². The third-order valence-corrected chi connectivity index (χ3v) is 3.38. The van der Waals surface area contributed by atoms with Gasteiger partial charge in [-0.25, -0.2) is 9.78 Å². The molecule has 2 aromatic heterocycles. The fraction of sp³-hybridized carbons (Fsp3) is 0.133. The minimum absolute atomic E-state index is 0.109. The summed E-state index contributed by atoms with van der Waals surface area (Å²) < 4.78 is 6.14. The van der Waals surface area contributed by atoms with Gasteiger partial charge in [0.2, 0.25) is 0 Å². The Bertz CT molecular complexity index is 862. The van der Waals surface area contributed by atoms with Gasteiger partial charge < -0.3 is 9.57 Å². The highest BCUT2D eigenvalue weighted by atomic mass is 35.5. The Morgan fingerprint density at radius 1 is 1.23 bits per heavy atom. The smallest absolute Gasteiger partial charge is 0.383 e. The number of halogens is 1. The molecular weight excluding hydrogens is 306 g/mol. The van der Waals surface area contributed by atoms with Crippen molar-refractivity contribution >= 4 is 22.6 Å². The second kappa shape index (κ2) is 6.03. The molecule has 0 aliphatic carbocycles. The van der Waals surface area contributed by atoms with Crippen molar-refractivity contribution in [1.82, 2.24) is 14.7 Å². The summed E-state index contributed by atoms with van der Waals surface area (Å²) in [6, 6.07) is 10.8. The van der Waals surface area contributed by atoms with Crippen LogP contribution in [0.4, 0.5) is 0 Å². The molecular formula is C15H12ClN3O3. The Morgan fingerprint density at radius 3 is 2.73 bits per heavy atom. The summed E-state index contributed by atoms with van der Waals surface area (Å²) in [6.45, 7) is 0.193. The van der Waals surface area contributed by atoms with Crippen molar-refractivity contribution in [3.63, 3.8) is 0 Å². The van der Waals surface area contributed by atoms with Crippen LogP contribution in [-0.2, 0) is 6.61 Å². The summed E-state index contributed by atoms with van der Waals surface area (Å²) in [5.41, 5.74) is 0.609. The predicted molar refractivity (Wildman–Crippen MR) is 82.1 cm³/mol. The minimum Gasteiger partial charge on any atom is -0.497 e. The first-order chi connectivity index (χ1) is 10.7. The van der Waals surface area contributed by atoms with Gasteiger partial charge in [-0.1, -0.05) is 23.7 Å². The van der Waals surface area contributed by atoms with Crippen LogP contribution < -0.4 is 15.3 Å². The largest absolute Gasteiger partial charge is 0.497 e. The maximum Gasteiger partial charge on any atom is 0.383 e. The van der Waals surface area contributed by atoms with Crippen molar-refractivity contribution in [2.75, 3.05) is 7.11 Å². The highest BCUT2D eigenvalue weighted by Crippen LogP contribution is 2.17. The van der Waals surface area contributed by atoms with E-state index in [2.05, 4.69) is 9.97 Å². The van der Waals surface area contributed by atoms with Gasteiger partial charge in [-0.2, -0.15) is 4.98 Å². The lowest BCUT2D eigenvalue weighted by atomic mass is 10.2. The second-order valence-corrected chi connectivity index (χ2v) is 4.83. The third kappa shape index (κ3) is 2.73. The van der Waals surface area contributed by atoms with E-state index < -0.39 is 5.69 Å². The van der Waals surface area contributed by atoms with E-state index in [9.17, 15) is 4.79 Å². The summed E-state index contributed by atoms with van der Waals surface area (Å²) in [6.07, 6.45) is 1.56. The van der Waals surface area contributed by atoms with E-state index in [1.54, 1.807) is 25.4 Å². The molecule has 22 heavy (non-hydrogen) atoms. The van der Waals surface area contributed by atoms with Crippen molar-refractivity contribution < 1.29 is 9.57 Å². The number of nitrogens with zero attached hydrogens (tertiary/aromatic N) is 3. The molecule has 0 amide bonds. The SMILES string of the molecule is COc1ccc(COn2c(=O)nc(Cl)c3cccnc32)cc1. The summed E-state index contributed by atoms with van der Waals surface area (Å²) in [7, 11) is 1.60. The number of hydrogen-bond acceptors (Lipinski definition) is 5. The molecule has 3 aromatic rings. The first-order valence-electron chi connectivity index (χ1n) is 6.48. The molecule has 0 saturated carbocycles. The lowest BCUT2D eigenvalue weighted by Gasteiger charge is -2.10. The first kappa shape index (κ1) is 14.3. The molecule has 0 unspecified atom stereocenters. The predicted octanol–water partition coefficient (Wildman–Crippen LogP) is 2.08. The molecule has 0 aliphatic heterocycles. The lowest BCUT2D eigenvalue weighted by molar-refractivity contribution is 0.0949. The number of rotatable bonds is 4. The molecule has 3 rings (SSSR count). The lowest BCUT2D eigenvalue weighted by Crippen LogP contribution is -2.29. The van der Waals surface area contributed by atoms with Crippen LogP contribution in [0.1, 0.15) is 5.56 Å². The molecule has 0 saturated heterocycles. The van der Waals surface area contributed by atoms with Gasteiger partial charge in [0.15, 0.2) is 5.65 Å². The van der Waals surface area contributed by atoms with Gasteiger partial charge in [0.1, 0.15) is 17.5 Å². The first-order valence-corrected chi connectivity index (χ1v) is 6.86. The van der Waals surface area contributed by atoms with Gasteiger partial charge in [-0.05, 0) is 29.8 Å². The highest BCUT2D eigenvalue weighted by molar-refractivity contribution is 6.33. The zero-order chi connectivity index (χ0) is 15.5. The Labute approximate surface area is 130 Å². The molecule has 0 fully saturated rings. The van der Waals surface area contributed by atoms with Crippen molar-refractivity contribution in [2.45, 2.75) is 6.61 Å². The molecule has 0 aliphatic rings. The highest BCUT2D eigenvalue weighted by Gasteiger charge is 2.10. The summed E-state index contributed by atoms with van der Waals surface area (Å²) >= 11 is 5.95. The van der Waals surface area contributed by atoms with Crippen LogP contribution in [-0.4, -0.2) is 21.8 Å². The van der Waals surface area contributed by atoms with Crippen molar-refractivity contribution in [3.05, 3.63) is 63.8 Å². The molecule has 0 atom stereocenters. The van der Waals surface area contributed by atoms with Crippen molar-refractivity contribution in [3.8, 4) is 5.75 Å². The summed E-state index contributed by atoms with van der Waals surface area (Å²) in [5.74, 6) is 0.751. The number of benzene rings is 1. The normalized spacial score (nSPS) is 10.6. The van der Waals surface area contributed by atoms with Gasteiger partial charge >= 0.3 is 5.69 Å². The van der Waals surface area contributed by atoms with Crippen molar-refractivity contribution in [2.24, 2.45) is 0 Å². The average molecular weight is 318 g/mol. The van der Waals surface area contributed by atoms with Gasteiger partial charge in [0, 0.05) is 6.20 Å². The fourth-order valence-electron chi connectivity index (χ4n) is 1.98. The minimum atomic E-state index is -0.607. The van der Waals surface area contributed by atoms with Crippen molar-refractivity contribution in [1.29, 1.82) is 0 Å². The quantitative estimate of drug-likeness (QED) is 0.689. The van der Waals surface area contributed by atoms with E-state index in [1.807, 2.05) is 24.3 Å². The molecule has 0 radical (unpaired) electrons. The van der Waals surface area contributed by atoms with E-state index in [0.29, 0.717) is 11.0 Å². The van der Waals surface area contributed by atoms with E-state index >= 15 is 0 Å². The maximum atomic E-state index is 12.0. The molecule has 112 valence electrons. The Morgan fingerprint density at radius 2 is 2.00 bits per heavy atom. The number of pyridine rings is 1. The Hall–Kier alpha value is -2.60. The van der Waals surface area contributed by atoms with E-state index in [1.165, 1.54) is 0 Å². The van der Waals surface area contributed by atoms with Crippen LogP contribution in [0.3, 0.4) is 0 Å². The number of hydrogen-bond donors (Lipinski definition) is 0. The van der Waals surface area contributed by atoms with Gasteiger partial charge in [0.05, 0.1) is 12.5 Å². The molecule has 0 bridgehead atoms. The zero-order valence-electron chi connectivity index (χ0n) is 11.7. The van der Waals surface area contributed by atoms with Crippen LogP contribution in [0.15, 0.2) is 47.4 Å². The maximum absolute atomic E-state index is 12.0. The summed E-state index contributed by atoms with van der Waals surface area (Å²) in [4.78, 5) is 25.4. The molecule has 2 heterocycles. The van der Waals surface area contributed by atoms with Crippen LogP contribution in [0.25, 0.3) is 11.0 Å². The molecule has 7 heteroatoms. The Balaban J connectivity index is 1.92. The topological polar surface area (TPSA) is 66.2 Å². The number of ether oxygens (including phenoxy) is 1. The van der Waals surface area contributed by atoms with Crippen LogP contribution >= 0.6 is 11.6 Å². The van der Waals surface area contributed by atoms with Gasteiger partial charge in [0.25, 0.3) is 0 Å². The zero-order valence-corrected chi connectivity index (χ0v) is 12.4. The van der Waals surface area contributed by atoms with Crippen LogP contribution in [0.5, 0.6) is 5.75 Å². The number of aromatic nitrogens is 3. The molecule has 6 nitrogen and oxygen atoms in total. The monoisotopic (exact) mass is 317 g/mol. The van der Waals surface area contributed by atoms with Gasteiger partial charge in [-0.3, -0.25) is 0 Å². The van der Waals surface area contributed by atoms with E-state index in [0.717, 1.165) is 16.0 Å². The molecule has 0 spiro atoms. The van der Waals surface area contributed by atoms with Crippen LogP contribution in [0.2, 0.25) is 5.15 Å². The van der Waals surface area contributed by atoms with E-state index in [-0.39, 0.29) is 11.8 Å². The number of methoxy groups -OCH3 is 1. The van der Waals surface area contributed by atoms with Gasteiger partial charge in [-0.15, -0.1) is 4.73 Å². The summed E-state index contributed by atoms with van der Waals surface area (Å²) in [5, 5.41) is 0.663. The number of fused-ring (bicyclic) bond motifs is 1. The third-order valence-electron chi connectivity index (χ3n) is 3.09. The molecule has 0 N–H and O–H groups in total. The Kier molecular flexibility index (Phi) is 3.93. The standard InChI is InChI=1S/C15H12ClN3O3/c1-21-11-6-4-10(5-7-11)9-22-19-14-12(3-2-8-17-14)13(16)18-15(19)20/h2-8H,9H2,1H3. The second-order valence-electron chi connectivity index (χ2n) is 4.48. The molecule has 1 aromatic carbocycles.